The molecule has 15 heavy (non-hydrogen) atoms. The normalized spacial score (nSPS) is 12.4. The van der Waals surface area contributed by atoms with E-state index >= 15 is 0 Å². The molecule has 5 heteroatoms. The molecule has 0 aliphatic rings. The number of phenolic OH excluding ortho intramolecular Hbond substituents is 1. The molecule has 4 nitrogen and oxygen atoms in total. The number of carbonyl (C=O) groups is 1. The predicted molar refractivity (Wildman–Crippen MR) is 59.6 cm³/mol. The van der Waals surface area contributed by atoms with E-state index in [9.17, 15) is 9.90 Å². The predicted octanol–water partition coefficient (Wildman–Crippen LogP) is 2.02. The van der Waals surface area contributed by atoms with Crippen molar-refractivity contribution in [3.8, 4) is 5.75 Å². The maximum atomic E-state index is 10.4. The number of rotatable bonds is 4. The third-order valence-corrected chi connectivity index (χ3v) is 2.73. The van der Waals surface area contributed by atoms with Crippen LogP contribution < -0.4 is 5.73 Å². The molecule has 0 bridgehead atoms. The van der Waals surface area contributed by atoms with E-state index in [2.05, 4.69) is 15.9 Å². The molecule has 0 fully saturated rings. The summed E-state index contributed by atoms with van der Waals surface area (Å²) in [5.74, 6) is -0.810. The second-order valence-corrected chi connectivity index (χ2v) is 4.07. The third kappa shape index (κ3) is 3.21. The number of phenols is 1. The number of halogens is 1. The van der Waals surface area contributed by atoms with E-state index in [1.165, 1.54) is 0 Å². The van der Waals surface area contributed by atoms with Gasteiger partial charge in [-0.1, -0.05) is 12.1 Å². The van der Waals surface area contributed by atoms with Gasteiger partial charge in [-0.05, 0) is 28.4 Å². The smallest absolute Gasteiger partial charge is 0.303 e. The minimum absolute atomic E-state index is 0.00683. The summed E-state index contributed by atoms with van der Waals surface area (Å²) in [6.07, 6.45) is 0.298. The van der Waals surface area contributed by atoms with Crippen LogP contribution in [0.5, 0.6) is 5.75 Å². The Hall–Kier alpha value is -1.07. The van der Waals surface area contributed by atoms with E-state index < -0.39 is 12.0 Å². The van der Waals surface area contributed by atoms with Crippen molar-refractivity contribution < 1.29 is 15.0 Å². The van der Waals surface area contributed by atoms with Crippen LogP contribution in [0.4, 0.5) is 0 Å². The molecule has 1 rings (SSSR count). The van der Waals surface area contributed by atoms with Crippen molar-refractivity contribution in [2.45, 2.75) is 18.9 Å². The number of carboxylic acids is 1. The van der Waals surface area contributed by atoms with Crippen LogP contribution in [0.15, 0.2) is 22.7 Å². The van der Waals surface area contributed by atoms with E-state index in [1.807, 2.05) is 0 Å². The molecule has 0 aliphatic carbocycles. The molecular formula is C10H12BrNO3. The molecule has 1 atom stereocenters. The highest BCUT2D eigenvalue weighted by atomic mass is 79.9. The zero-order valence-electron chi connectivity index (χ0n) is 7.98. The topological polar surface area (TPSA) is 83.6 Å². The van der Waals surface area contributed by atoms with Gasteiger partial charge in [0.15, 0.2) is 0 Å². The van der Waals surface area contributed by atoms with Gasteiger partial charge in [-0.2, -0.15) is 0 Å². The van der Waals surface area contributed by atoms with Crippen molar-refractivity contribution in [2.75, 3.05) is 0 Å². The SMILES string of the molecule is NC(CCC(=O)O)c1cccc(Br)c1O. The van der Waals surface area contributed by atoms with Crippen molar-refractivity contribution in [1.82, 2.24) is 0 Å². The Morgan fingerprint density at radius 2 is 2.20 bits per heavy atom. The maximum absolute atomic E-state index is 10.4. The maximum Gasteiger partial charge on any atom is 0.303 e. The van der Waals surface area contributed by atoms with Gasteiger partial charge in [-0.3, -0.25) is 4.79 Å². The van der Waals surface area contributed by atoms with E-state index in [0.29, 0.717) is 16.5 Å². The van der Waals surface area contributed by atoms with Crippen molar-refractivity contribution in [1.29, 1.82) is 0 Å². The summed E-state index contributed by atoms with van der Waals surface area (Å²) < 4.78 is 0.561. The number of carboxylic acid groups (broad SMARTS) is 1. The van der Waals surface area contributed by atoms with Crippen LogP contribution in [0.3, 0.4) is 0 Å². The van der Waals surface area contributed by atoms with Gasteiger partial charge in [0.1, 0.15) is 5.75 Å². The molecular weight excluding hydrogens is 262 g/mol. The van der Waals surface area contributed by atoms with Crippen molar-refractivity contribution in [3.63, 3.8) is 0 Å². The Morgan fingerprint density at radius 1 is 1.53 bits per heavy atom. The lowest BCUT2D eigenvalue weighted by molar-refractivity contribution is -0.137. The highest BCUT2D eigenvalue weighted by Gasteiger charge is 2.13. The molecule has 0 heterocycles. The number of para-hydroxylation sites is 1. The van der Waals surface area contributed by atoms with Gasteiger partial charge < -0.3 is 15.9 Å². The summed E-state index contributed by atoms with van der Waals surface area (Å²) in [6, 6.07) is 4.67. The summed E-state index contributed by atoms with van der Waals surface area (Å²) in [6.45, 7) is 0. The molecule has 1 aromatic carbocycles. The minimum Gasteiger partial charge on any atom is -0.506 e. The zero-order valence-corrected chi connectivity index (χ0v) is 9.57. The van der Waals surface area contributed by atoms with Crippen LogP contribution in [0.25, 0.3) is 0 Å². The summed E-state index contributed by atoms with van der Waals surface area (Å²) in [5.41, 5.74) is 6.33. The summed E-state index contributed by atoms with van der Waals surface area (Å²) in [5, 5.41) is 18.2. The quantitative estimate of drug-likeness (QED) is 0.784. The van der Waals surface area contributed by atoms with Gasteiger partial charge in [-0.25, -0.2) is 0 Å². The monoisotopic (exact) mass is 273 g/mol. The molecule has 4 N–H and O–H groups in total. The van der Waals surface area contributed by atoms with E-state index in [4.69, 9.17) is 10.8 Å². The molecule has 0 spiro atoms. The molecule has 0 radical (unpaired) electrons. The number of hydrogen-bond acceptors (Lipinski definition) is 3. The van der Waals surface area contributed by atoms with Crippen LogP contribution in [0.2, 0.25) is 0 Å². The lowest BCUT2D eigenvalue weighted by Crippen LogP contribution is -2.12. The highest BCUT2D eigenvalue weighted by molar-refractivity contribution is 9.10. The first kappa shape index (κ1) is 12.0. The Kier molecular flexibility index (Phi) is 4.11. The van der Waals surface area contributed by atoms with Crippen molar-refractivity contribution in [3.05, 3.63) is 28.2 Å². The molecule has 0 saturated carbocycles. The second-order valence-electron chi connectivity index (χ2n) is 3.22. The molecule has 0 saturated heterocycles. The van der Waals surface area contributed by atoms with Gasteiger partial charge >= 0.3 is 5.97 Å². The molecule has 0 aliphatic heterocycles. The van der Waals surface area contributed by atoms with Crippen LogP contribution in [-0.4, -0.2) is 16.2 Å². The fraction of sp³-hybridized carbons (Fsp3) is 0.300. The number of aliphatic carboxylic acids is 1. The Bertz CT molecular complexity index is 368. The first-order valence-corrected chi connectivity index (χ1v) is 5.26. The minimum atomic E-state index is -0.889. The van der Waals surface area contributed by atoms with Crippen molar-refractivity contribution >= 4 is 21.9 Å². The number of hydrogen-bond donors (Lipinski definition) is 3. The first-order chi connectivity index (χ1) is 7.02. The highest BCUT2D eigenvalue weighted by Crippen LogP contribution is 2.32. The van der Waals surface area contributed by atoms with Crippen LogP contribution in [0.1, 0.15) is 24.4 Å². The van der Waals surface area contributed by atoms with Gasteiger partial charge in [0.2, 0.25) is 0 Å². The van der Waals surface area contributed by atoms with Crippen LogP contribution in [-0.2, 0) is 4.79 Å². The molecule has 0 aromatic heterocycles. The molecule has 82 valence electrons. The average molecular weight is 274 g/mol. The average Bonchev–Trinajstić information content (AvgIpc) is 2.18. The lowest BCUT2D eigenvalue weighted by atomic mass is 10.0. The number of aromatic hydroxyl groups is 1. The lowest BCUT2D eigenvalue weighted by Gasteiger charge is -2.13. The number of nitrogens with two attached hydrogens (primary N) is 1. The van der Waals surface area contributed by atoms with E-state index in [-0.39, 0.29) is 12.2 Å². The Labute approximate surface area is 95.8 Å². The van der Waals surface area contributed by atoms with Crippen LogP contribution >= 0.6 is 15.9 Å². The Balaban J connectivity index is 2.77. The van der Waals surface area contributed by atoms with E-state index in [0.717, 1.165) is 0 Å². The first-order valence-electron chi connectivity index (χ1n) is 4.47. The largest absolute Gasteiger partial charge is 0.506 e. The molecule has 0 amide bonds. The van der Waals surface area contributed by atoms with Gasteiger partial charge in [0.25, 0.3) is 0 Å². The molecule has 1 aromatic rings. The zero-order chi connectivity index (χ0) is 11.4. The van der Waals surface area contributed by atoms with E-state index in [1.54, 1.807) is 18.2 Å². The van der Waals surface area contributed by atoms with Gasteiger partial charge in [0.05, 0.1) is 4.47 Å². The fourth-order valence-electron chi connectivity index (χ4n) is 1.27. The summed E-state index contributed by atoms with van der Waals surface area (Å²) in [4.78, 5) is 10.4. The molecule has 1 unspecified atom stereocenters. The van der Waals surface area contributed by atoms with Gasteiger partial charge in [0, 0.05) is 18.0 Å². The fourth-order valence-corrected chi connectivity index (χ4v) is 1.65. The van der Waals surface area contributed by atoms with Crippen molar-refractivity contribution in [2.24, 2.45) is 5.73 Å². The van der Waals surface area contributed by atoms with Gasteiger partial charge in [-0.15, -0.1) is 0 Å². The standard InChI is InChI=1S/C10H12BrNO3/c11-7-3-1-2-6(10(7)15)8(12)4-5-9(13)14/h1-3,8,15H,4-5,12H2,(H,13,14). The summed E-state index contributed by atoms with van der Waals surface area (Å²) in [7, 11) is 0. The Morgan fingerprint density at radius 3 is 2.80 bits per heavy atom. The third-order valence-electron chi connectivity index (χ3n) is 2.09. The van der Waals surface area contributed by atoms with Crippen LogP contribution in [0, 0.1) is 0 Å². The number of benzene rings is 1. The second kappa shape index (κ2) is 5.14. The summed E-state index contributed by atoms with van der Waals surface area (Å²) >= 11 is 3.17.